The summed E-state index contributed by atoms with van der Waals surface area (Å²) in [5, 5.41) is 0. The highest BCUT2D eigenvalue weighted by Gasteiger charge is 1.99. The van der Waals surface area contributed by atoms with E-state index in [9.17, 15) is 0 Å². The molecular weight excluding hydrogens is 182 g/mol. The third-order valence-corrected chi connectivity index (χ3v) is 2.45. The molecule has 0 unspecified atom stereocenters. The van der Waals surface area contributed by atoms with Gasteiger partial charge in [0.15, 0.2) is 0 Å². The Hall–Kier alpha value is -1.50. The summed E-state index contributed by atoms with van der Waals surface area (Å²) in [6.07, 6.45) is 5.80. The van der Waals surface area contributed by atoms with Gasteiger partial charge in [0, 0.05) is 18.8 Å². The Labute approximate surface area is 92.7 Å². The Morgan fingerprint density at radius 1 is 1.13 bits per heavy atom. The van der Waals surface area contributed by atoms with Crippen molar-refractivity contribution in [3.8, 4) is 0 Å². The molecule has 1 aromatic carbocycles. The Morgan fingerprint density at radius 2 is 1.73 bits per heavy atom. The van der Waals surface area contributed by atoms with Crippen LogP contribution in [0.3, 0.4) is 0 Å². The lowest BCUT2D eigenvalue weighted by Gasteiger charge is -2.20. The topological polar surface area (TPSA) is 3.24 Å². The molecule has 1 heteroatoms. The summed E-state index contributed by atoms with van der Waals surface area (Å²) < 4.78 is 0. The Morgan fingerprint density at radius 3 is 2.20 bits per heavy atom. The first-order valence-electron chi connectivity index (χ1n) is 5.46. The fraction of sp³-hybridized carbons (Fsp3) is 0.286. The molecule has 80 valence electrons. The van der Waals surface area contributed by atoms with Gasteiger partial charge >= 0.3 is 0 Å². The zero-order chi connectivity index (χ0) is 11.1. The molecule has 0 saturated heterocycles. The lowest BCUT2D eigenvalue weighted by atomic mass is 10.2. The summed E-state index contributed by atoms with van der Waals surface area (Å²) >= 11 is 0. The van der Waals surface area contributed by atoms with Gasteiger partial charge in [0.25, 0.3) is 0 Å². The fourth-order valence-corrected chi connectivity index (χ4v) is 1.56. The Kier molecular flexibility index (Phi) is 4.69. The van der Waals surface area contributed by atoms with Gasteiger partial charge in [-0.3, -0.25) is 0 Å². The van der Waals surface area contributed by atoms with Gasteiger partial charge in [0.1, 0.15) is 0 Å². The molecule has 0 saturated carbocycles. The standard InChI is InChI=1S/C14H19N/c1-4-7-8-13-9-11-14(12-10-13)15(5-2)6-3/h4,7-12H,1,5-6H2,2-3H3. The van der Waals surface area contributed by atoms with Crippen molar-refractivity contribution in [1.82, 2.24) is 0 Å². The maximum atomic E-state index is 3.65. The molecule has 1 rings (SSSR count). The molecule has 0 spiro atoms. The maximum Gasteiger partial charge on any atom is 0.0366 e. The Bertz CT molecular complexity index is 318. The van der Waals surface area contributed by atoms with Crippen LogP contribution in [-0.4, -0.2) is 13.1 Å². The van der Waals surface area contributed by atoms with Crippen molar-refractivity contribution in [1.29, 1.82) is 0 Å². The highest BCUT2D eigenvalue weighted by molar-refractivity contribution is 5.56. The lowest BCUT2D eigenvalue weighted by molar-refractivity contribution is 0.866. The van der Waals surface area contributed by atoms with E-state index in [1.165, 1.54) is 11.3 Å². The molecule has 1 aromatic rings. The third-order valence-electron chi connectivity index (χ3n) is 2.45. The monoisotopic (exact) mass is 201 g/mol. The van der Waals surface area contributed by atoms with Crippen LogP contribution in [0, 0.1) is 0 Å². The second-order valence-corrected chi connectivity index (χ2v) is 3.36. The van der Waals surface area contributed by atoms with Crippen LogP contribution < -0.4 is 4.90 Å². The van der Waals surface area contributed by atoms with Crippen LogP contribution in [0.4, 0.5) is 5.69 Å². The SMILES string of the molecule is C=CC=Cc1ccc(N(CC)CC)cc1. The lowest BCUT2D eigenvalue weighted by Crippen LogP contribution is -2.21. The van der Waals surface area contributed by atoms with Crippen LogP contribution in [0.2, 0.25) is 0 Å². The average Bonchev–Trinajstić information content (AvgIpc) is 2.29. The van der Waals surface area contributed by atoms with Crippen molar-refractivity contribution in [2.45, 2.75) is 13.8 Å². The van der Waals surface area contributed by atoms with Crippen LogP contribution in [0.1, 0.15) is 19.4 Å². The van der Waals surface area contributed by atoms with Crippen molar-refractivity contribution < 1.29 is 0 Å². The molecule has 0 heterocycles. The summed E-state index contributed by atoms with van der Waals surface area (Å²) in [6, 6.07) is 8.59. The number of anilines is 1. The molecule has 0 atom stereocenters. The molecular formula is C14H19N. The van der Waals surface area contributed by atoms with Gasteiger partial charge in [-0.15, -0.1) is 0 Å². The molecule has 0 bridgehead atoms. The quantitative estimate of drug-likeness (QED) is 0.656. The molecule has 0 amide bonds. The third kappa shape index (κ3) is 3.28. The first-order chi connectivity index (χ1) is 7.31. The number of benzene rings is 1. The minimum atomic E-state index is 1.05. The van der Waals surface area contributed by atoms with Crippen molar-refractivity contribution in [2.24, 2.45) is 0 Å². The van der Waals surface area contributed by atoms with E-state index in [1.807, 2.05) is 6.08 Å². The van der Waals surface area contributed by atoms with E-state index in [2.05, 4.69) is 55.7 Å². The van der Waals surface area contributed by atoms with Crippen LogP contribution >= 0.6 is 0 Å². The molecule has 0 N–H and O–H groups in total. The second kappa shape index (κ2) is 6.07. The minimum absolute atomic E-state index is 1.05. The number of nitrogens with zero attached hydrogens (tertiary/aromatic N) is 1. The largest absolute Gasteiger partial charge is 0.372 e. The fourth-order valence-electron chi connectivity index (χ4n) is 1.56. The van der Waals surface area contributed by atoms with Gasteiger partial charge < -0.3 is 4.90 Å². The van der Waals surface area contributed by atoms with E-state index >= 15 is 0 Å². The molecule has 0 aliphatic carbocycles. The van der Waals surface area contributed by atoms with Gasteiger partial charge in [-0.1, -0.05) is 36.9 Å². The highest BCUT2D eigenvalue weighted by atomic mass is 15.1. The molecule has 0 fully saturated rings. The van der Waals surface area contributed by atoms with Crippen molar-refractivity contribution >= 4 is 11.8 Å². The van der Waals surface area contributed by atoms with E-state index in [0.29, 0.717) is 0 Å². The van der Waals surface area contributed by atoms with E-state index in [-0.39, 0.29) is 0 Å². The van der Waals surface area contributed by atoms with E-state index < -0.39 is 0 Å². The number of rotatable bonds is 5. The zero-order valence-electron chi connectivity index (χ0n) is 9.61. The molecule has 0 radical (unpaired) electrons. The minimum Gasteiger partial charge on any atom is -0.372 e. The molecule has 0 aromatic heterocycles. The number of allylic oxidation sites excluding steroid dienone is 2. The normalized spacial score (nSPS) is 10.5. The molecule has 0 aliphatic rings. The maximum absolute atomic E-state index is 3.65. The van der Waals surface area contributed by atoms with Gasteiger partial charge in [0.05, 0.1) is 0 Å². The van der Waals surface area contributed by atoms with E-state index in [1.54, 1.807) is 6.08 Å². The van der Waals surface area contributed by atoms with Crippen LogP contribution in [0.15, 0.2) is 43.0 Å². The molecule has 15 heavy (non-hydrogen) atoms. The van der Waals surface area contributed by atoms with Crippen molar-refractivity contribution in [3.05, 3.63) is 48.6 Å². The smallest absolute Gasteiger partial charge is 0.0366 e. The summed E-state index contributed by atoms with van der Waals surface area (Å²) in [7, 11) is 0. The van der Waals surface area contributed by atoms with Crippen molar-refractivity contribution in [3.63, 3.8) is 0 Å². The van der Waals surface area contributed by atoms with Gasteiger partial charge in [-0.05, 0) is 31.5 Å². The van der Waals surface area contributed by atoms with E-state index in [0.717, 1.165) is 13.1 Å². The summed E-state index contributed by atoms with van der Waals surface area (Å²) in [4.78, 5) is 2.33. The zero-order valence-corrected chi connectivity index (χ0v) is 9.61. The average molecular weight is 201 g/mol. The molecule has 1 nitrogen and oxygen atoms in total. The Balaban J connectivity index is 2.79. The van der Waals surface area contributed by atoms with Crippen LogP contribution in [0.5, 0.6) is 0 Å². The highest BCUT2D eigenvalue weighted by Crippen LogP contribution is 2.15. The molecule has 0 aliphatic heterocycles. The van der Waals surface area contributed by atoms with Gasteiger partial charge in [-0.25, -0.2) is 0 Å². The summed E-state index contributed by atoms with van der Waals surface area (Å²) in [5.74, 6) is 0. The van der Waals surface area contributed by atoms with Gasteiger partial charge in [0.2, 0.25) is 0 Å². The van der Waals surface area contributed by atoms with Crippen molar-refractivity contribution in [2.75, 3.05) is 18.0 Å². The van der Waals surface area contributed by atoms with Crippen LogP contribution in [-0.2, 0) is 0 Å². The first kappa shape index (κ1) is 11.6. The summed E-state index contributed by atoms with van der Waals surface area (Å²) in [5.41, 5.74) is 2.50. The van der Waals surface area contributed by atoms with Crippen LogP contribution in [0.25, 0.3) is 6.08 Å². The number of hydrogen-bond acceptors (Lipinski definition) is 1. The first-order valence-corrected chi connectivity index (χ1v) is 5.46. The predicted octanol–water partition coefficient (Wildman–Crippen LogP) is 3.73. The predicted molar refractivity (Wildman–Crippen MR) is 69.2 cm³/mol. The second-order valence-electron chi connectivity index (χ2n) is 3.36. The number of hydrogen-bond donors (Lipinski definition) is 0. The van der Waals surface area contributed by atoms with E-state index in [4.69, 9.17) is 0 Å². The summed E-state index contributed by atoms with van der Waals surface area (Å²) in [6.45, 7) is 10.1. The van der Waals surface area contributed by atoms with Gasteiger partial charge in [-0.2, -0.15) is 0 Å².